The smallest absolute Gasteiger partial charge is 0.311 e. The van der Waals surface area contributed by atoms with E-state index in [4.69, 9.17) is 9.47 Å². The molecule has 0 aromatic heterocycles. The summed E-state index contributed by atoms with van der Waals surface area (Å²) in [5.41, 5.74) is 0. The number of ether oxygens (including phenoxy) is 2. The van der Waals surface area contributed by atoms with E-state index in [2.05, 4.69) is 5.32 Å². The minimum absolute atomic E-state index is 0.0295. The fraction of sp³-hybridized carbons (Fsp3) is 0.909. The van der Waals surface area contributed by atoms with Gasteiger partial charge in [-0.3, -0.25) is 4.79 Å². The third-order valence-electron chi connectivity index (χ3n) is 3.49. The summed E-state index contributed by atoms with van der Waals surface area (Å²) in [5, 5.41) is 3.32. The second-order valence-electron chi connectivity index (χ2n) is 4.34. The molecule has 1 N–H and O–H groups in total. The molecule has 0 aromatic carbocycles. The summed E-state index contributed by atoms with van der Waals surface area (Å²) in [4.78, 5) is 11.5. The molecule has 2 atom stereocenters. The summed E-state index contributed by atoms with van der Waals surface area (Å²) in [7, 11) is 1.46. The SMILES string of the molecule is COC(=O)[C@H]1CCO[C@H]1C1CCNCC1. The van der Waals surface area contributed by atoms with E-state index in [0.717, 1.165) is 32.4 Å². The van der Waals surface area contributed by atoms with Gasteiger partial charge in [0.25, 0.3) is 0 Å². The summed E-state index contributed by atoms with van der Waals surface area (Å²) in [6.07, 6.45) is 3.14. The van der Waals surface area contributed by atoms with Crippen molar-refractivity contribution >= 4 is 5.97 Å². The van der Waals surface area contributed by atoms with Crippen molar-refractivity contribution < 1.29 is 14.3 Å². The van der Waals surface area contributed by atoms with Crippen LogP contribution in [0.2, 0.25) is 0 Å². The van der Waals surface area contributed by atoms with E-state index in [0.29, 0.717) is 12.5 Å². The van der Waals surface area contributed by atoms with Crippen molar-refractivity contribution in [3.63, 3.8) is 0 Å². The van der Waals surface area contributed by atoms with Crippen LogP contribution in [0, 0.1) is 11.8 Å². The molecule has 0 saturated carbocycles. The van der Waals surface area contributed by atoms with Crippen molar-refractivity contribution in [3.8, 4) is 0 Å². The Morgan fingerprint density at radius 2 is 2.07 bits per heavy atom. The monoisotopic (exact) mass is 213 g/mol. The number of piperidine rings is 1. The molecule has 2 rings (SSSR count). The summed E-state index contributed by atoms with van der Waals surface area (Å²) in [6.45, 7) is 2.78. The van der Waals surface area contributed by atoms with Crippen LogP contribution in [0.5, 0.6) is 0 Å². The van der Waals surface area contributed by atoms with Crippen molar-refractivity contribution in [1.82, 2.24) is 5.32 Å². The molecule has 0 bridgehead atoms. The van der Waals surface area contributed by atoms with Crippen LogP contribution in [0.3, 0.4) is 0 Å². The molecule has 0 aromatic rings. The molecule has 0 amide bonds. The zero-order valence-electron chi connectivity index (χ0n) is 9.20. The molecule has 0 aliphatic carbocycles. The number of hydrogen-bond donors (Lipinski definition) is 1. The Morgan fingerprint density at radius 3 is 2.73 bits per heavy atom. The summed E-state index contributed by atoms with van der Waals surface area (Å²) >= 11 is 0. The maximum atomic E-state index is 11.5. The van der Waals surface area contributed by atoms with Crippen molar-refractivity contribution in [2.45, 2.75) is 25.4 Å². The minimum atomic E-state index is -0.101. The van der Waals surface area contributed by atoms with Crippen LogP contribution < -0.4 is 5.32 Å². The topological polar surface area (TPSA) is 47.6 Å². The van der Waals surface area contributed by atoms with Crippen LogP contribution in [0.15, 0.2) is 0 Å². The van der Waals surface area contributed by atoms with Gasteiger partial charge in [-0.25, -0.2) is 0 Å². The highest BCUT2D eigenvalue weighted by Crippen LogP contribution is 2.32. The van der Waals surface area contributed by atoms with Gasteiger partial charge in [0.2, 0.25) is 0 Å². The first-order valence-corrected chi connectivity index (χ1v) is 5.73. The van der Waals surface area contributed by atoms with Gasteiger partial charge in [-0.05, 0) is 38.3 Å². The predicted molar refractivity (Wildman–Crippen MR) is 55.5 cm³/mol. The lowest BCUT2D eigenvalue weighted by Crippen LogP contribution is -2.38. The third-order valence-corrected chi connectivity index (χ3v) is 3.49. The molecule has 86 valence electrons. The van der Waals surface area contributed by atoms with Gasteiger partial charge < -0.3 is 14.8 Å². The van der Waals surface area contributed by atoms with Crippen molar-refractivity contribution in [1.29, 1.82) is 0 Å². The summed E-state index contributed by atoms with van der Waals surface area (Å²) in [5.74, 6) is 0.395. The first-order valence-electron chi connectivity index (χ1n) is 5.73. The molecule has 0 spiro atoms. The molecule has 2 aliphatic heterocycles. The van der Waals surface area contributed by atoms with Gasteiger partial charge in [0, 0.05) is 6.61 Å². The number of carbonyl (C=O) groups is 1. The van der Waals surface area contributed by atoms with Gasteiger partial charge in [0.05, 0.1) is 19.1 Å². The van der Waals surface area contributed by atoms with E-state index in [1.54, 1.807) is 0 Å². The highest BCUT2D eigenvalue weighted by atomic mass is 16.5. The fourth-order valence-corrected chi connectivity index (χ4v) is 2.65. The Kier molecular flexibility index (Phi) is 3.59. The zero-order valence-corrected chi connectivity index (χ0v) is 9.20. The van der Waals surface area contributed by atoms with Gasteiger partial charge in [-0.2, -0.15) is 0 Å². The van der Waals surface area contributed by atoms with Gasteiger partial charge in [0.1, 0.15) is 0 Å². The quantitative estimate of drug-likeness (QED) is 0.681. The van der Waals surface area contributed by atoms with Crippen LogP contribution in [0.4, 0.5) is 0 Å². The van der Waals surface area contributed by atoms with Crippen LogP contribution >= 0.6 is 0 Å². The van der Waals surface area contributed by atoms with Crippen molar-refractivity contribution in [2.75, 3.05) is 26.8 Å². The van der Waals surface area contributed by atoms with E-state index < -0.39 is 0 Å². The molecular weight excluding hydrogens is 194 g/mol. The number of esters is 1. The van der Waals surface area contributed by atoms with E-state index in [1.807, 2.05) is 0 Å². The molecular formula is C11H19NO3. The first kappa shape index (κ1) is 10.9. The molecule has 0 radical (unpaired) electrons. The molecule has 4 nitrogen and oxygen atoms in total. The first-order chi connectivity index (χ1) is 7.33. The highest BCUT2D eigenvalue weighted by Gasteiger charge is 2.40. The molecule has 2 heterocycles. The van der Waals surface area contributed by atoms with Gasteiger partial charge in [-0.15, -0.1) is 0 Å². The maximum absolute atomic E-state index is 11.5. The Hall–Kier alpha value is -0.610. The van der Waals surface area contributed by atoms with E-state index in [1.165, 1.54) is 7.11 Å². The Labute approximate surface area is 90.3 Å². The Balaban J connectivity index is 1.97. The van der Waals surface area contributed by atoms with Gasteiger partial charge >= 0.3 is 5.97 Å². The number of rotatable bonds is 2. The lowest BCUT2D eigenvalue weighted by Gasteiger charge is -2.29. The largest absolute Gasteiger partial charge is 0.469 e. The van der Waals surface area contributed by atoms with E-state index >= 15 is 0 Å². The van der Waals surface area contributed by atoms with Crippen molar-refractivity contribution in [2.24, 2.45) is 11.8 Å². The minimum Gasteiger partial charge on any atom is -0.469 e. The molecule has 2 fully saturated rings. The Bertz CT molecular complexity index is 226. The van der Waals surface area contributed by atoms with E-state index in [9.17, 15) is 4.79 Å². The standard InChI is InChI=1S/C11H19NO3/c1-14-11(13)9-4-7-15-10(9)8-2-5-12-6-3-8/h8-10,12H,2-7H2,1H3/t9-,10-/m0/s1. The lowest BCUT2D eigenvalue weighted by molar-refractivity contribution is -0.148. The number of nitrogens with one attached hydrogen (secondary N) is 1. The second kappa shape index (κ2) is 4.94. The number of methoxy groups -OCH3 is 1. The van der Waals surface area contributed by atoms with Crippen LogP contribution in [-0.4, -0.2) is 38.9 Å². The number of carbonyl (C=O) groups excluding carboxylic acids is 1. The Morgan fingerprint density at radius 1 is 1.33 bits per heavy atom. The van der Waals surface area contributed by atoms with Gasteiger partial charge in [-0.1, -0.05) is 0 Å². The summed E-state index contributed by atoms with van der Waals surface area (Å²) < 4.78 is 10.5. The van der Waals surface area contributed by atoms with Crippen LogP contribution in [-0.2, 0) is 14.3 Å². The normalized spacial score (nSPS) is 32.9. The lowest BCUT2D eigenvalue weighted by atomic mass is 9.85. The summed E-state index contributed by atoms with van der Waals surface area (Å²) in [6, 6.07) is 0. The van der Waals surface area contributed by atoms with Gasteiger partial charge in [0.15, 0.2) is 0 Å². The highest BCUT2D eigenvalue weighted by molar-refractivity contribution is 5.73. The predicted octanol–water partition coefficient (Wildman–Crippen LogP) is 0.564. The zero-order chi connectivity index (χ0) is 10.7. The average molecular weight is 213 g/mol. The van der Waals surface area contributed by atoms with E-state index in [-0.39, 0.29) is 18.0 Å². The fourth-order valence-electron chi connectivity index (χ4n) is 2.65. The molecule has 0 unspecified atom stereocenters. The number of hydrogen-bond acceptors (Lipinski definition) is 4. The average Bonchev–Trinajstić information content (AvgIpc) is 2.78. The molecule has 2 aliphatic rings. The van der Waals surface area contributed by atoms with Crippen molar-refractivity contribution in [3.05, 3.63) is 0 Å². The van der Waals surface area contributed by atoms with Crippen LogP contribution in [0.25, 0.3) is 0 Å². The third kappa shape index (κ3) is 2.32. The maximum Gasteiger partial charge on any atom is 0.311 e. The molecule has 4 heteroatoms. The molecule has 2 saturated heterocycles. The van der Waals surface area contributed by atoms with Crippen LogP contribution in [0.1, 0.15) is 19.3 Å². The second-order valence-corrected chi connectivity index (χ2v) is 4.34. The molecule has 15 heavy (non-hydrogen) atoms.